The lowest BCUT2D eigenvalue weighted by atomic mass is 10.1. The highest BCUT2D eigenvalue weighted by Crippen LogP contribution is 2.29. The number of aromatic nitrogens is 2. The summed E-state index contributed by atoms with van der Waals surface area (Å²) in [5, 5.41) is 0. The largest absolute Gasteiger partial charge is 0.434 e. The number of aryl methyl sites for hydroxylation is 1. The highest BCUT2D eigenvalue weighted by atomic mass is 19.3. The summed E-state index contributed by atoms with van der Waals surface area (Å²) in [4.78, 5) is 7.37. The summed E-state index contributed by atoms with van der Waals surface area (Å²) in [6, 6.07) is 6.65. The van der Waals surface area contributed by atoms with Crippen LogP contribution in [0, 0.1) is 0 Å². The van der Waals surface area contributed by atoms with Crippen molar-refractivity contribution in [3.63, 3.8) is 0 Å². The van der Waals surface area contributed by atoms with Crippen molar-refractivity contribution in [2.45, 2.75) is 25.9 Å². The van der Waals surface area contributed by atoms with Gasteiger partial charge in [0.15, 0.2) is 0 Å². The lowest BCUT2D eigenvalue weighted by molar-refractivity contribution is -0.0494. The van der Waals surface area contributed by atoms with Gasteiger partial charge in [0.1, 0.15) is 11.6 Å². The number of halogens is 2. The van der Waals surface area contributed by atoms with Gasteiger partial charge in [0.05, 0.1) is 11.9 Å². The number of hydrogen-bond donors (Lipinski definition) is 2. The van der Waals surface area contributed by atoms with E-state index < -0.39 is 6.61 Å². The topological polar surface area (TPSA) is 63.9 Å². The number of para-hydroxylation sites is 1. The number of H-pyrrole nitrogens is 1. The van der Waals surface area contributed by atoms with Crippen LogP contribution in [0.15, 0.2) is 30.5 Å². The van der Waals surface area contributed by atoms with E-state index in [0.29, 0.717) is 17.8 Å². The minimum absolute atomic E-state index is 0.139. The standard InChI is InChI=1S/C14H17F2N3O/c15-14(16)20-12-6-2-1-5-10(12)11-9-18-13(19-11)7-3-4-8-17/h1-2,5-6,9,14H,3-4,7-8,17H2,(H,18,19). The van der Waals surface area contributed by atoms with Gasteiger partial charge in [-0.25, -0.2) is 4.98 Å². The molecule has 0 aliphatic heterocycles. The Kier molecular flexibility index (Phi) is 5.06. The smallest absolute Gasteiger partial charge is 0.387 e. The molecular formula is C14H17F2N3O. The Morgan fingerprint density at radius 3 is 2.80 bits per heavy atom. The maximum atomic E-state index is 12.4. The quantitative estimate of drug-likeness (QED) is 0.767. The number of imidazole rings is 1. The van der Waals surface area contributed by atoms with Crippen molar-refractivity contribution in [2.75, 3.05) is 6.54 Å². The van der Waals surface area contributed by atoms with E-state index >= 15 is 0 Å². The van der Waals surface area contributed by atoms with Gasteiger partial charge in [-0.2, -0.15) is 8.78 Å². The molecule has 0 fully saturated rings. The first-order valence-electron chi connectivity index (χ1n) is 6.49. The Morgan fingerprint density at radius 2 is 2.05 bits per heavy atom. The monoisotopic (exact) mass is 281 g/mol. The van der Waals surface area contributed by atoms with Gasteiger partial charge in [0, 0.05) is 12.0 Å². The molecule has 6 heteroatoms. The number of rotatable bonds is 7. The van der Waals surface area contributed by atoms with E-state index in [-0.39, 0.29) is 5.75 Å². The molecule has 2 rings (SSSR count). The zero-order chi connectivity index (χ0) is 14.4. The molecule has 0 aliphatic rings. The van der Waals surface area contributed by atoms with Gasteiger partial charge in [0.2, 0.25) is 0 Å². The Hall–Kier alpha value is -1.95. The van der Waals surface area contributed by atoms with E-state index in [1.807, 2.05) is 0 Å². The van der Waals surface area contributed by atoms with E-state index in [0.717, 1.165) is 25.1 Å². The fourth-order valence-electron chi connectivity index (χ4n) is 1.95. The van der Waals surface area contributed by atoms with Gasteiger partial charge in [0.25, 0.3) is 0 Å². The molecular weight excluding hydrogens is 264 g/mol. The summed E-state index contributed by atoms with van der Waals surface area (Å²) in [6.07, 6.45) is 4.29. The highest BCUT2D eigenvalue weighted by molar-refractivity contribution is 5.66. The van der Waals surface area contributed by atoms with Crippen molar-refractivity contribution in [3.8, 4) is 17.0 Å². The fourth-order valence-corrected chi connectivity index (χ4v) is 1.95. The Balaban J connectivity index is 2.15. The number of alkyl halides is 2. The number of aromatic amines is 1. The molecule has 0 aliphatic carbocycles. The fraction of sp³-hybridized carbons (Fsp3) is 0.357. The van der Waals surface area contributed by atoms with Crippen molar-refractivity contribution >= 4 is 0 Å². The first-order chi connectivity index (χ1) is 9.70. The van der Waals surface area contributed by atoms with Crippen molar-refractivity contribution in [1.82, 2.24) is 9.97 Å². The molecule has 1 aromatic carbocycles. The minimum atomic E-state index is -2.84. The molecule has 0 bridgehead atoms. The van der Waals surface area contributed by atoms with Crippen LogP contribution < -0.4 is 10.5 Å². The summed E-state index contributed by atoms with van der Waals surface area (Å²) in [5.74, 6) is 0.958. The van der Waals surface area contributed by atoms with Gasteiger partial charge in [-0.3, -0.25) is 0 Å². The van der Waals surface area contributed by atoms with Crippen LogP contribution in [0.5, 0.6) is 5.75 Å². The molecule has 0 saturated carbocycles. The van der Waals surface area contributed by atoms with Crippen LogP contribution in [0.2, 0.25) is 0 Å². The van der Waals surface area contributed by atoms with E-state index in [2.05, 4.69) is 14.7 Å². The van der Waals surface area contributed by atoms with Crippen molar-refractivity contribution in [2.24, 2.45) is 5.73 Å². The number of benzene rings is 1. The second-order valence-electron chi connectivity index (χ2n) is 4.36. The molecule has 3 N–H and O–H groups in total. The zero-order valence-corrected chi connectivity index (χ0v) is 11.0. The summed E-state index contributed by atoms with van der Waals surface area (Å²) in [5.41, 5.74) is 6.68. The Labute approximate surface area is 116 Å². The van der Waals surface area contributed by atoms with Gasteiger partial charge >= 0.3 is 6.61 Å². The van der Waals surface area contributed by atoms with E-state index in [1.54, 1.807) is 24.4 Å². The third-order valence-electron chi connectivity index (χ3n) is 2.89. The SMILES string of the molecule is NCCCCc1ncc(-c2ccccc2OC(F)F)[nH]1. The van der Waals surface area contributed by atoms with Crippen molar-refractivity contribution in [1.29, 1.82) is 0 Å². The predicted molar refractivity (Wildman–Crippen MR) is 72.6 cm³/mol. The van der Waals surface area contributed by atoms with Crippen LogP contribution in [0.1, 0.15) is 18.7 Å². The third-order valence-corrected chi connectivity index (χ3v) is 2.89. The summed E-state index contributed by atoms with van der Waals surface area (Å²) >= 11 is 0. The molecule has 0 unspecified atom stereocenters. The van der Waals surface area contributed by atoms with Crippen LogP contribution in [-0.4, -0.2) is 23.1 Å². The first-order valence-corrected chi connectivity index (χ1v) is 6.49. The molecule has 4 nitrogen and oxygen atoms in total. The Bertz CT molecular complexity index is 543. The number of ether oxygens (including phenoxy) is 1. The molecule has 0 atom stereocenters. The lowest BCUT2D eigenvalue weighted by Crippen LogP contribution is -2.03. The van der Waals surface area contributed by atoms with Crippen LogP contribution in [-0.2, 0) is 6.42 Å². The molecule has 20 heavy (non-hydrogen) atoms. The molecule has 0 spiro atoms. The average Bonchev–Trinajstić information content (AvgIpc) is 2.88. The van der Waals surface area contributed by atoms with E-state index in [9.17, 15) is 8.78 Å². The van der Waals surface area contributed by atoms with Crippen LogP contribution in [0.4, 0.5) is 8.78 Å². The molecule has 0 radical (unpaired) electrons. The van der Waals surface area contributed by atoms with Gasteiger partial charge in [-0.1, -0.05) is 12.1 Å². The van der Waals surface area contributed by atoms with Crippen molar-refractivity contribution in [3.05, 3.63) is 36.3 Å². The number of hydrogen-bond acceptors (Lipinski definition) is 3. The third kappa shape index (κ3) is 3.77. The normalized spacial score (nSPS) is 11.0. The Morgan fingerprint density at radius 1 is 1.25 bits per heavy atom. The molecule has 108 valence electrons. The van der Waals surface area contributed by atoms with Crippen LogP contribution in [0.25, 0.3) is 11.3 Å². The number of nitrogens with two attached hydrogens (primary N) is 1. The van der Waals surface area contributed by atoms with Crippen LogP contribution >= 0.6 is 0 Å². The maximum absolute atomic E-state index is 12.4. The van der Waals surface area contributed by atoms with E-state index in [4.69, 9.17) is 5.73 Å². The zero-order valence-electron chi connectivity index (χ0n) is 11.0. The van der Waals surface area contributed by atoms with Gasteiger partial charge in [-0.05, 0) is 31.5 Å². The van der Waals surface area contributed by atoms with Crippen LogP contribution in [0.3, 0.4) is 0 Å². The molecule has 1 heterocycles. The van der Waals surface area contributed by atoms with E-state index in [1.165, 1.54) is 6.07 Å². The number of nitrogens with zero attached hydrogens (tertiary/aromatic N) is 1. The average molecular weight is 281 g/mol. The summed E-state index contributed by atoms with van der Waals surface area (Å²) < 4.78 is 29.2. The maximum Gasteiger partial charge on any atom is 0.387 e. The van der Waals surface area contributed by atoms with Gasteiger partial charge in [-0.15, -0.1) is 0 Å². The van der Waals surface area contributed by atoms with Gasteiger partial charge < -0.3 is 15.5 Å². The number of unbranched alkanes of at least 4 members (excludes halogenated alkanes) is 1. The van der Waals surface area contributed by atoms with Crippen molar-refractivity contribution < 1.29 is 13.5 Å². The second kappa shape index (κ2) is 7.00. The minimum Gasteiger partial charge on any atom is -0.434 e. The summed E-state index contributed by atoms with van der Waals surface area (Å²) in [7, 11) is 0. The second-order valence-corrected chi connectivity index (χ2v) is 4.36. The number of nitrogens with one attached hydrogen (secondary N) is 1. The molecule has 0 saturated heterocycles. The molecule has 1 aromatic heterocycles. The molecule has 0 amide bonds. The molecule has 2 aromatic rings. The first kappa shape index (κ1) is 14.5. The highest BCUT2D eigenvalue weighted by Gasteiger charge is 2.12. The predicted octanol–water partition coefficient (Wildman–Crippen LogP) is 2.96. The summed E-state index contributed by atoms with van der Waals surface area (Å²) in [6.45, 7) is -2.19. The lowest BCUT2D eigenvalue weighted by Gasteiger charge is -2.08.